The summed E-state index contributed by atoms with van der Waals surface area (Å²) in [7, 11) is -1.09. The minimum Gasteiger partial charge on any atom is -0.383 e. The summed E-state index contributed by atoms with van der Waals surface area (Å²) < 4.78 is 28.2. The third kappa shape index (κ3) is 4.89. The average molecular weight is 297 g/mol. The van der Waals surface area contributed by atoms with Gasteiger partial charge in [-0.1, -0.05) is 30.3 Å². The van der Waals surface area contributed by atoms with Gasteiger partial charge in [0, 0.05) is 13.2 Å². The van der Waals surface area contributed by atoms with E-state index in [1.165, 1.54) is 5.56 Å². The van der Waals surface area contributed by atoms with Crippen LogP contribution in [0.15, 0.2) is 30.3 Å². The van der Waals surface area contributed by atoms with Crippen molar-refractivity contribution in [2.45, 2.75) is 18.9 Å². The monoisotopic (exact) mass is 297 g/mol. The summed E-state index contributed by atoms with van der Waals surface area (Å²) in [5.74, 6) is 0.910. The second kappa shape index (κ2) is 7.20. The number of methoxy groups -OCH3 is 1. The first-order valence-electron chi connectivity index (χ1n) is 7.06. The third-order valence-electron chi connectivity index (χ3n) is 3.71. The molecule has 1 aliphatic rings. The van der Waals surface area contributed by atoms with Gasteiger partial charge in [-0.25, -0.2) is 8.42 Å². The van der Waals surface area contributed by atoms with Gasteiger partial charge in [0.2, 0.25) is 0 Å². The maximum absolute atomic E-state index is 11.4. The van der Waals surface area contributed by atoms with E-state index in [0.717, 1.165) is 19.4 Å². The normalized spacial score (nSPS) is 22.8. The number of rotatable bonds is 7. The molecule has 1 N–H and O–H groups in total. The molecule has 0 bridgehead atoms. The lowest BCUT2D eigenvalue weighted by Gasteiger charge is -2.20. The van der Waals surface area contributed by atoms with E-state index in [-0.39, 0.29) is 12.0 Å². The Bertz CT molecular complexity index is 501. The number of hydrogen-bond acceptors (Lipinski definition) is 4. The van der Waals surface area contributed by atoms with Crippen LogP contribution in [0.25, 0.3) is 0 Å². The Hall–Kier alpha value is -0.910. The van der Waals surface area contributed by atoms with Crippen LogP contribution in [-0.4, -0.2) is 46.2 Å². The molecule has 0 radical (unpaired) electrons. The zero-order valence-corrected chi connectivity index (χ0v) is 12.7. The molecule has 0 spiro atoms. The van der Waals surface area contributed by atoms with Crippen molar-refractivity contribution in [2.75, 3.05) is 31.8 Å². The molecule has 0 amide bonds. The highest BCUT2D eigenvalue weighted by molar-refractivity contribution is 7.91. The molecule has 0 unspecified atom stereocenters. The Morgan fingerprint density at radius 2 is 2.10 bits per heavy atom. The van der Waals surface area contributed by atoms with E-state index in [4.69, 9.17) is 4.74 Å². The SMILES string of the molecule is COC[C@H](Cc1ccccc1)NC[C@H]1CCS(=O)(=O)C1. The van der Waals surface area contributed by atoms with Gasteiger partial charge in [0.25, 0.3) is 0 Å². The summed E-state index contributed by atoms with van der Waals surface area (Å²) in [5.41, 5.74) is 1.26. The quantitative estimate of drug-likeness (QED) is 0.823. The molecule has 2 rings (SSSR count). The van der Waals surface area contributed by atoms with Crippen LogP contribution in [-0.2, 0) is 21.0 Å². The Labute approximate surface area is 121 Å². The van der Waals surface area contributed by atoms with Gasteiger partial charge in [-0.05, 0) is 30.9 Å². The van der Waals surface area contributed by atoms with Gasteiger partial charge in [0.1, 0.15) is 0 Å². The maximum atomic E-state index is 11.4. The predicted octanol–water partition coefficient (Wildman–Crippen LogP) is 1.27. The topological polar surface area (TPSA) is 55.4 Å². The molecule has 1 aromatic rings. The molecule has 0 saturated carbocycles. The molecule has 112 valence electrons. The number of nitrogens with one attached hydrogen (secondary N) is 1. The summed E-state index contributed by atoms with van der Waals surface area (Å²) in [6.07, 6.45) is 1.68. The number of hydrogen-bond donors (Lipinski definition) is 1. The van der Waals surface area contributed by atoms with Crippen LogP contribution in [0.5, 0.6) is 0 Å². The summed E-state index contributed by atoms with van der Waals surface area (Å²) in [5, 5.41) is 3.46. The number of sulfone groups is 1. The van der Waals surface area contributed by atoms with E-state index in [1.54, 1.807) is 7.11 Å². The van der Waals surface area contributed by atoms with Crippen molar-refractivity contribution in [3.63, 3.8) is 0 Å². The van der Waals surface area contributed by atoms with Crippen LogP contribution >= 0.6 is 0 Å². The Kier molecular flexibility index (Phi) is 5.57. The highest BCUT2D eigenvalue weighted by Gasteiger charge is 2.28. The Balaban J connectivity index is 1.83. The van der Waals surface area contributed by atoms with E-state index < -0.39 is 9.84 Å². The lowest BCUT2D eigenvalue weighted by molar-refractivity contribution is 0.164. The second-order valence-electron chi connectivity index (χ2n) is 5.52. The van der Waals surface area contributed by atoms with Crippen molar-refractivity contribution in [2.24, 2.45) is 5.92 Å². The largest absolute Gasteiger partial charge is 0.383 e. The number of ether oxygens (including phenoxy) is 1. The lowest BCUT2D eigenvalue weighted by Crippen LogP contribution is -2.38. The van der Waals surface area contributed by atoms with Crippen LogP contribution < -0.4 is 5.32 Å². The van der Waals surface area contributed by atoms with E-state index in [9.17, 15) is 8.42 Å². The van der Waals surface area contributed by atoms with Crippen molar-refractivity contribution < 1.29 is 13.2 Å². The van der Waals surface area contributed by atoms with E-state index in [0.29, 0.717) is 18.1 Å². The lowest BCUT2D eigenvalue weighted by atomic mass is 10.0. The molecule has 20 heavy (non-hydrogen) atoms. The highest BCUT2D eigenvalue weighted by atomic mass is 32.2. The molecule has 4 nitrogen and oxygen atoms in total. The zero-order chi connectivity index (χ0) is 14.4. The smallest absolute Gasteiger partial charge is 0.150 e. The van der Waals surface area contributed by atoms with Crippen LogP contribution in [0.1, 0.15) is 12.0 Å². The fraction of sp³-hybridized carbons (Fsp3) is 0.600. The van der Waals surface area contributed by atoms with Gasteiger partial charge in [-0.3, -0.25) is 0 Å². The molecule has 1 saturated heterocycles. The van der Waals surface area contributed by atoms with E-state index in [1.807, 2.05) is 18.2 Å². The van der Waals surface area contributed by atoms with Crippen molar-refractivity contribution in [3.8, 4) is 0 Å². The summed E-state index contributed by atoms with van der Waals surface area (Å²) >= 11 is 0. The Morgan fingerprint density at radius 3 is 2.70 bits per heavy atom. The molecule has 2 atom stereocenters. The van der Waals surface area contributed by atoms with Gasteiger partial charge in [-0.15, -0.1) is 0 Å². The van der Waals surface area contributed by atoms with Gasteiger partial charge in [0.05, 0.1) is 18.1 Å². The van der Waals surface area contributed by atoms with Crippen LogP contribution in [0, 0.1) is 5.92 Å². The molecule has 1 heterocycles. The van der Waals surface area contributed by atoms with Crippen molar-refractivity contribution in [3.05, 3.63) is 35.9 Å². The van der Waals surface area contributed by atoms with E-state index in [2.05, 4.69) is 17.4 Å². The number of benzene rings is 1. The first-order valence-corrected chi connectivity index (χ1v) is 8.88. The first kappa shape index (κ1) is 15.5. The molecule has 5 heteroatoms. The first-order chi connectivity index (χ1) is 9.59. The molecule has 1 aliphatic heterocycles. The third-order valence-corrected chi connectivity index (χ3v) is 5.55. The average Bonchev–Trinajstić information content (AvgIpc) is 2.77. The minimum absolute atomic E-state index is 0.228. The predicted molar refractivity (Wildman–Crippen MR) is 80.6 cm³/mol. The Morgan fingerprint density at radius 1 is 1.35 bits per heavy atom. The molecule has 1 aromatic carbocycles. The second-order valence-corrected chi connectivity index (χ2v) is 7.75. The fourth-order valence-electron chi connectivity index (χ4n) is 2.66. The minimum atomic E-state index is -2.79. The molecule has 0 aliphatic carbocycles. The fourth-order valence-corrected chi connectivity index (χ4v) is 4.52. The van der Waals surface area contributed by atoms with Crippen LogP contribution in [0.2, 0.25) is 0 Å². The van der Waals surface area contributed by atoms with E-state index >= 15 is 0 Å². The molecular formula is C15H23NO3S. The highest BCUT2D eigenvalue weighted by Crippen LogP contribution is 2.17. The summed E-state index contributed by atoms with van der Waals surface area (Å²) in [4.78, 5) is 0. The summed E-state index contributed by atoms with van der Waals surface area (Å²) in [6.45, 7) is 1.38. The van der Waals surface area contributed by atoms with Gasteiger partial charge < -0.3 is 10.1 Å². The van der Waals surface area contributed by atoms with Gasteiger partial charge in [-0.2, -0.15) is 0 Å². The van der Waals surface area contributed by atoms with Crippen LogP contribution in [0.4, 0.5) is 0 Å². The molecule has 1 fully saturated rings. The summed E-state index contributed by atoms with van der Waals surface area (Å²) in [6, 6.07) is 10.5. The van der Waals surface area contributed by atoms with Gasteiger partial charge >= 0.3 is 0 Å². The van der Waals surface area contributed by atoms with Crippen molar-refractivity contribution in [1.29, 1.82) is 0 Å². The van der Waals surface area contributed by atoms with Crippen LogP contribution in [0.3, 0.4) is 0 Å². The molecule has 0 aromatic heterocycles. The van der Waals surface area contributed by atoms with Crippen molar-refractivity contribution in [1.82, 2.24) is 5.32 Å². The van der Waals surface area contributed by atoms with Crippen molar-refractivity contribution >= 4 is 9.84 Å². The zero-order valence-electron chi connectivity index (χ0n) is 11.9. The van der Waals surface area contributed by atoms with Gasteiger partial charge in [0.15, 0.2) is 9.84 Å². The standard InChI is InChI=1S/C15H23NO3S/c1-19-11-15(9-13-5-3-2-4-6-13)16-10-14-7-8-20(17,18)12-14/h2-6,14-16H,7-12H2,1H3/t14-,15+/m1/s1. The molecular weight excluding hydrogens is 274 g/mol. The maximum Gasteiger partial charge on any atom is 0.150 e.